The molecule has 0 unspecified atom stereocenters. The van der Waals surface area contributed by atoms with Crippen molar-refractivity contribution < 1.29 is 9.18 Å². The van der Waals surface area contributed by atoms with Crippen LogP contribution in [0.25, 0.3) is 0 Å². The lowest BCUT2D eigenvalue weighted by Gasteiger charge is -2.10. The standard InChI is InChI=1S/C15H19FN4OS2/c1-9(2)8-17-14-19-20-15(23-14)22-10(3)13(21)18-12-6-4-5-11(16)7-12/h4-7,9-10H,8H2,1-3H3,(H,17,19)(H,18,21)/t10-/m1/s1. The van der Waals surface area contributed by atoms with Gasteiger partial charge in [-0.1, -0.05) is 43.0 Å². The lowest BCUT2D eigenvalue weighted by Crippen LogP contribution is -2.22. The molecule has 0 aliphatic carbocycles. The Kier molecular flexibility index (Phi) is 6.35. The van der Waals surface area contributed by atoms with Crippen LogP contribution in [0.2, 0.25) is 0 Å². The van der Waals surface area contributed by atoms with E-state index < -0.39 is 0 Å². The normalized spacial score (nSPS) is 12.2. The Balaban J connectivity index is 1.88. The molecule has 8 heteroatoms. The highest BCUT2D eigenvalue weighted by molar-refractivity contribution is 8.02. The maximum atomic E-state index is 13.1. The molecular formula is C15H19FN4OS2. The summed E-state index contributed by atoms with van der Waals surface area (Å²) in [6.45, 7) is 6.84. The molecule has 23 heavy (non-hydrogen) atoms. The number of hydrogen-bond donors (Lipinski definition) is 2. The van der Waals surface area contributed by atoms with Crippen molar-refractivity contribution in [2.24, 2.45) is 5.92 Å². The molecule has 0 radical (unpaired) electrons. The average molecular weight is 354 g/mol. The van der Waals surface area contributed by atoms with E-state index in [1.165, 1.54) is 35.2 Å². The highest BCUT2D eigenvalue weighted by atomic mass is 32.2. The third-order valence-electron chi connectivity index (χ3n) is 2.81. The quantitative estimate of drug-likeness (QED) is 0.739. The van der Waals surface area contributed by atoms with Gasteiger partial charge in [0.05, 0.1) is 5.25 Å². The Morgan fingerprint density at radius 2 is 2.13 bits per heavy atom. The number of rotatable bonds is 7. The minimum absolute atomic E-state index is 0.201. The zero-order chi connectivity index (χ0) is 16.8. The van der Waals surface area contributed by atoms with Crippen LogP contribution in [0.3, 0.4) is 0 Å². The summed E-state index contributed by atoms with van der Waals surface area (Å²) < 4.78 is 13.8. The molecule has 5 nitrogen and oxygen atoms in total. The smallest absolute Gasteiger partial charge is 0.237 e. The molecule has 1 heterocycles. The van der Waals surface area contributed by atoms with Crippen molar-refractivity contribution in [3.05, 3.63) is 30.1 Å². The second-order valence-electron chi connectivity index (χ2n) is 5.41. The van der Waals surface area contributed by atoms with Gasteiger partial charge in [0, 0.05) is 12.2 Å². The van der Waals surface area contributed by atoms with Crippen LogP contribution in [0.15, 0.2) is 28.6 Å². The van der Waals surface area contributed by atoms with E-state index in [1.807, 2.05) is 0 Å². The molecule has 1 aromatic heterocycles. The van der Waals surface area contributed by atoms with Gasteiger partial charge >= 0.3 is 0 Å². The van der Waals surface area contributed by atoms with Gasteiger partial charge < -0.3 is 10.6 Å². The number of anilines is 2. The zero-order valence-electron chi connectivity index (χ0n) is 13.2. The molecule has 1 amide bonds. The minimum atomic E-state index is -0.381. The van der Waals surface area contributed by atoms with Gasteiger partial charge in [0.1, 0.15) is 5.82 Å². The zero-order valence-corrected chi connectivity index (χ0v) is 14.8. The van der Waals surface area contributed by atoms with Gasteiger partial charge in [0.2, 0.25) is 11.0 Å². The van der Waals surface area contributed by atoms with Gasteiger partial charge in [-0.25, -0.2) is 4.39 Å². The Labute approximate surface area is 143 Å². The van der Waals surface area contributed by atoms with Crippen molar-refractivity contribution in [3.8, 4) is 0 Å². The second kappa shape index (κ2) is 8.26. The summed E-state index contributed by atoms with van der Waals surface area (Å²) in [7, 11) is 0. The van der Waals surface area contributed by atoms with E-state index in [4.69, 9.17) is 0 Å². The number of nitrogens with one attached hydrogen (secondary N) is 2. The number of nitrogens with zero attached hydrogens (tertiary/aromatic N) is 2. The molecule has 2 aromatic rings. The Bertz CT molecular complexity index is 662. The number of amides is 1. The predicted molar refractivity (Wildman–Crippen MR) is 93.6 cm³/mol. The van der Waals surface area contributed by atoms with Crippen LogP contribution < -0.4 is 10.6 Å². The molecule has 0 aliphatic heterocycles. The molecule has 124 valence electrons. The van der Waals surface area contributed by atoms with E-state index in [-0.39, 0.29) is 17.0 Å². The molecule has 0 saturated carbocycles. The fourth-order valence-corrected chi connectivity index (χ4v) is 3.54. The van der Waals surface area contributed by atoms with Crippen LogP contribution in [0.1, 0.15) is 20.8 Å². The number of benzene rings is 1. The molecule has 2 N–H and O–H groups in total. The summed E-state index contributed by atoms with van der Waals surface area (Å²) in [6, 6.07) is 5.83. The fourth-order valence-electron chi connectivity index (χ4n) is 1.64. The van der Waals surface area contributed by atoms with Crippen LogP contribution in [-0.4, -0.2) is 27.9 Å². The number of halogens is 1. The predicted octanol–water partition coefficient (Wildman–Crippen LogP) is 3.86. The van der Waals surface area contributed by atoms with E-state index in [1.54, 1.807) is 19.1 Å². The number of thioether (sulfide) groups is 1. The first-order chi connectivity index (χ1) is 10.9. The molecule has 1 atom stereocenters. The summed E-state index contributed by atoms with van der Waals surface area (Å²) in [5, 5.41) is 14.4. The monoisotopic (exact) mass is 354 g/mol. The van der Waals surface area contributed by atoms with Crippen LogP contribution in [0, 0.1) is 11.7 Å². The Morgan fingerprint density at radius 3 is 2.83 bits per heavy atom. The lowest BCUT2D eigenvalue weighted by molar-refractivity contribution is -0.115. The number of hydrogen-bond acceptors (Lipinski definition) is 6. The molecule has 1 aromatic carbocycles. The van der Waals surface area contributed by atoms with E-state index in [9.17, 15) is 9.18 Å². The van der Waals surface area contributed by atoms with Crippen molar-refractivity contribution in [3.63, 3.8) is 0 Å². The largest absolute Gasteiger partial charge is 0.360 e. The maximum Gasteiger partial charge on any atom is 0.237 e. The van der Waals surface area contributed by atoms with E-state index in [0.29, 0.717) is 11.6 Å². The van der Waals surface area contributed by atoms with Crippen LogP contribution in [-0.2, 0) is 4.79 Å². The van der Waals surface area contributed by atoms with Gasteiger partial charge in [-0.05, 0) is 31.0 Å². The van der Waals surface area contributed by atoms with Crippen molar-refractivity contribution in [2.45, 2.75) is 30.4 Å². The van der Waals surface area contributed by atoms with E-state index in [0.717, 1.165) is 16.0 Å². The summed E-state index contributed by atoms with van der Waals surface area (Å²) >= 11 is 2.75. The molecule has 0 saturated heterocycles. The molecule has 0 spiro atoms. The van der Waals surface area contributed by atoms with Gasteiger partial charge in [0.15, 0.2) is 4.34 Å². The fraction of sp³-hybridized carbons (Fsp3) is 0.400. The van der Waals surface area contributed by atoms with Crippen molar-refractivity contribution in [1.29, 1.82) is 0 Å². The van der Waals surface area contributed by atoms with Crippen molar-refractivity contribution in [2.75, 3.05) is 17.2 Å². The second-order valence-corrected chi connectivity index (χ2v) is 7.97. The number of carbonyl (C=O) groups excluding carboxylic acids is 1. The third kappa shape index (κ3) is 5.80. The van der Waals surface area contributed by atoms with Gasteiger partial charge in [-0.2, -0.15) is 0 Å². The molecule has 0 bridgehead atoms. The Morgan fingerprint density at radius 1 is 1.35 bits per heavy atom. The van der Waals surface area contributed by atoms with Crippen molar-refractivity contribution >= 4 is 39.8 Å². The summed E-state index contributed by atoms with van der Waals surface area (Å²) in [5.74, 6) is -0.0634. The van der Waals surface area contributed by atoms with E-state index in [2.05, 4.69) is 34.7 Å². The summed E-state index contributed by atoms with van der Waals surface area (Å²) in [5.41, 5.74) is 0.444. The van der Waals surface area contributed by atoms with Crippen LogP contribution in [0.5, 0.6) is 0 Å². The number of aromatic nitrogens is 2. The maximum absolute atomic E-state index is 13.1. The molecular weight excluding hydrogens is 335 g/mol. The van der Waals surface area contributed by atoms with Crippen LogP contribution in [0.4, 0.5) is 15.2 Å². The first kappa shape index (κ1) is 17.7. The lowest BCUT2D eigenvalue weighted by atomic mass is 10.2. The molecule has 2 rings (SSSR count). The van der Waals surface area contributed by atoms with Crippen LogP contribution >= 0.6 is 23.1 Å². The SMILES string of the molecule is CC(C)CNc1nnc(S[C@H](C)C(=O)Nc2cccc(F)c2)s1. The van der Waals surface area contributed by atoms with Gasteiger partial charge in [0.25, 0.3) is 0 Å². The minimum Gasteiger partial charge on any atom is -0.360 e. The van der Waals surface area contributed by atoms with Gasteiger partial charge in [-0.3, -0.25) is 4.79 Å². The topological polar surface area (TPSA) is 66.9 Å². The van der Waals surface area contributed by atoms with E-state index >= 15 is 0 Å². The molecule has 0 fully saturated rings. The first-order valence-corrected chi connectivity index (χ1v) is 8.94. The highest BCUT2D eigenvalue weighted by Gasteiger charge is 2.17. The van der Waals surface area contributed by atoms with Crippen molar-refractivity contribution in [1.82, 2.24) is 10.2 Å². The summed E-state index contributed by atoms with van der Waals surface area (Å²) in [6.07, 6.45) is 0. The first-order valence-electron chi connectivity index (χ1n) is 7.24. The Hall–Kier alpha value is -1.67. The average Bonchev–Trinajstić information content (AvgIpc) is 2.92. The molecule has 0 aliphatic rings. The number of carbonyl (C=O) groups is 1. The summed E-state index contributed by atoms with van der Waals surface area (Å²) in [4.78, 5) is 12.1. The third-order valence-corrected chi connectivity index (χ3v) is 4.87. The van der Waals surface area contributed by atoms with Gasteiger partial charge in [-0.15, -0.1) is 10.2 Å². The highest BCUT2D eigenvalue weighted by Crippen LogP contribution is 2.29.